The molecule has 29 heavy (non-hydrogen) atoms. The van der Waals surface area contributed by atoms with Crippen LogP contribution in [0, 0.1) is 11.2 Å². The van der Waals surface area contributed by atoms with Gasteiger partial charge in [-0.1, -0.05) is 29.8 Å². The fraction of sp³-hybridized carbons (Fsp3) is 0.300. The number of hydrogen-bond acceptors (Lipinski definition) is 4. The number of carbonyl (C=O) groups is 2. The van der Waals surface area contributed by atoms with Gasteiger partial charge in [-0.15, -0.1) is 0 Å². The molecule has 1 aliphatic heterocycles. The topological polar surface area (TPSA) is 83.6 Å². The zero-order chi connectivity index (χ0) is 21.4. The molecule has 2 aromatic rings. The van der Waals surface area contributed by atoms with Crippen LogP contribution >= 0.6 is 11.6 Å². The molecule has 0 radical (unpaired) electrons. The molecule has 3 rings (SSSR count). The molecule has 1 saturated heterocycles. The Morgan fingerprint density at radius 1 is 1.24 bits per heavy atom. The van der Waals surface area contributed by atoms with Gasteiger partial charge in [0.2, 0.25) is 15.9 Å². The first-order valence-electron chi connectivity index (χ1n) is 8.91. The van der Waals surface area contributed by atoms with Crippen molar-refractivity contribution in [3.8, 4) is 0 Å². The summed E-state index contributed by atoms with van der Waals surface area (Å²) in [6, 6.07) is 10.3. The molecular formula is C20H20ClFN2O4S. The molecule has 6 nitrogen and oxygen atoms in total. The highest BCUT2D eigenvalue weighted by Gasteiger charge is 2.50. The van der Waals surface area contributed by atoms with Crippen LogP contribution in [0.5, 0.6) is 0 Å². The minimum absolute atomic E-state index is 0.0328. The Morgan fingerprint density at radius 2 is 1.93 bits per heavy atom. The van der Waals surface area contributed by atoms with Gasteiger partial charge in [-0.25, -0.2) is 17.1 Å². The van der Waals surface area contributed by atoms with Crippen molar-refractivity contribution in [1.82, 2.24) is 5.32 Å². The number of hydrogen-bond donors (Lipinski definition) is 1. The van der Waals surface area contributed by atoms with Crippen molar-refractivity contribution in [3.05, 3.63) is 64.4 Å². The van der Waals surface area contributed by atoms with Crippen molar-refractivity contribution in [1.29, 1.82) is 0 Å². The van der Waals surface area contributed by atoms with Crippen LogP contribution in [0.1, 0.15) is 29.8 Å². The smallest absolute Gasteiger partial charge is 0.252 e. The lowest BCUT2D eigenvalue weighted by atomic mass is 9.95. The van der Waals surface area contributed by atoms with Gasteiger partial charge in [0, 0.05) is 6.54 Å². The van der Waals surface area contributed by atoms with E-state index in [-0.39, 0.29) is 40.8 Å². The third-order valence-electron chi connectivity index (χ3n) is 4.65. The fourth-order valence-electron chi connectivity index (χ4n) is 3.18. The number of nitrogens with one attached hydrogen (secondary N) is 1. The number of halogens is 2. The largest absolute Gasteiger partial charge is 0.352 e. The molecule has 0 bridgehead atoms. The molecule has 2 aromatic carbocycles. The fourth-order valence-corrected chi connectivity index (χ4v) is 5.48. The van der Waals surface area contributed by atoms with E-state index >= 15 is 0 Å². The van der Waals surface area contributed by atoms with Gasteiger partial charge in [0.15, 0.2) is 0 Å². The molecular weight excluding hydrogens is 419 g/mol. The quantitative estimate of drug-likeness (QED) is 0.777. The number of sulfonamides is 1. The predicted octanol–water partition coefficient (Wildman–Crippen LogP) is 3.15. The standard InChI is InChI=1S/C20H20ClFN2O4S/c1-20(2)12-29(27,28)24(19(20)26)14-7-8-16(21)15(11-14)18(25)23-10-9-13-5-3-4-6-17(13)22/h3-8,11H,9-10,12H2,1-2H3,(H,23,25). The molecule has 0 saturated carbocycles. The highest BCUT2D eigenvalue weighted by Crippen LogP contribution is 2.36. The Bertz CT molecular complexity index is 1090. The lowest BCUT2D eigenvalue weighted by Gasteiger charge is -2.18. The number of nitrogens with zero attached hydrogens (tertiary/aromatic N) is 1. The summed E-state index contributed by atoms with van der Waals surface area (Å²) in [5, 5.41) is 2.75. The summed E-state index contributed by atoms with van der Waals surface area (Å²) in [6.07, 6.45) is 0.281. The Hall–Kier alpha value is -2.45. The molecule has 1 fully saturated rings. The number of amides is 2. The van der Waals surface area contributed by atoms with Gasteiger partial charge < -0.3 is 5.32 Å². The van der Waals surface area contributed by atoms with Crippen LogP contribution in [-0.4, -0.2) is 32.5 Å². The predicted molar refractivity (Wildman–Crippen MR) is 109 cm³/mol. The van der Waals surface area contributed by atoms with E-state index in [2.05, 4.69) is 5.32 Å². The van der Waals surface area contributed by atoms with Crippen molar-refractivity contribution in [3.63, 3.8) is 0 Å². The first-order valence-corrected chi connectivity index (χ1v) is 10.9. The minimum atomic E-state index is -3.84. The molecule has 0 unspecified atom stereocenters. The first-order chi connectivity index (χ1) is 13.5. The lowest BCUT2D eigenvalue weighted by molar-refractivity contribution is -0.123. The van der Waals surface area contributed by atoms with Crippen molar-refractivity contribution in [2.75, 3.05) is 16.6 Å². The van der Waals surface area contributed by atoms with E-state index in [0.29, 0.717) is 5.56 Å². The molecule has 1 heterocycles. The Morgan fingerprint density at radius 3 is 2.55 bits per heavy atom. The first kappa shape index (κ1) is 21.3. The highest BCUT2D eigenvalue weighted by atomic mass is 35.5. The van der Waals surface area contributed by atoms with E-state index in [4.69, 9.17) is 11.6 Å². The molecule has 0 aromatic heterocycles. The van der Waals surface area contributed by atoms with Gasteiger partial charge in [-0.2, -0.15) is 0 Å². The van der Waals surface area contributed by atoms with Crippen molar-refractivity contribution >= 4 is 39.1 Å². The second-order valence-electron chi connectivity index (χ2n) is 7.47. The minimum Gasteiger partial charge on any atom is -0.352 e. The SMILES string of the molecule is CC1(C)CS(=O)(=O)N(c2ccc(Cl)c(C(=O)NCCc3ccccc3F)c2)C1=O. The normalized spacial score (nSPS) is 17.4. The molecule has 1 N–H and O–H groups in total. The maximum atomic E-state index is 13.7. The second-order valence-corrected chi connectivity index (χ2v) is 9.70. The summed E-state index contributed by atoms with van der Waals surface area (Å²) >= 11 is 6.11. The van der Waals surface area contributed by atoms with Gasteiger partial charge >= 0.3 is 0 Å². The summed E-state index contributed by atoms with van der Waals surface area (Å²) in [5.74, 6) is -1.78. The van der Waals surface area contributed by atoms with E-state index in [1.165, 1.54) is 24.3 Å². The van der Waals surface area contributed by atoms with Crippen LogP contribution in [0.15, 0.2) is 42.5 Å². The molecule has 0 atom stereocenters. The molecule has 1 aliphatic rings. The van der Waals surface area contributed by atoms with E-state index in [1.807, 2.05) is 0 Å². The number of benzene rings is 2. The molecule has 0 spiro atoms. The monoisotopic (exact) mass is 438 g/mol. The molecule has 9 heteroatoms. The third kappa shape index (κ3) is 4.28. The summed E-state index contributed by atoms with van der Waals surface area (Å²) in [6.45, 7) is 3.27. The van der Waals surface area contributed by atoms with Crippen LogP contribution in [0.3, 0.4) is 0 Å². The number of rotatable bonds is 5. The summed E-state index contributed by atoms with van der Waals surface area (Å²) in [5.41, 5.74) is -0.501. The Balaban J connectivity index is 1.80. The van der Waals surface area contributed by atoms with Crippen LogP contribution < -0.4 is 9.62 Å². The van der Waals surface area contributed by atoms with Gasteiger partial charge in [0.25, 0.3) is 5.91 Å². The number of anilines is 1. The van der Waals surface area contributed by atoms with Crippen molar-refractivity contribution < 1.29 is 22.4 Å². The Labute approximate surface area is 173 Å². The molecule has 154 valence electrons. The maximum absolute atomic E-state index is 13.7. The average Bonchev–Trinajstić information content (AvgIpc) is 2.80. The van der Waals surface area contributed by atoms with Crippen LogP contribution in [0.2, 0.25) is 5.02 Å². The van der Waals surface area contributed by atoms with Gasteiger partial charge in [-0.3, -0.25) is 9.59 Å². The van der Waals surface area contributed by atoms with Crippen LogP contribution in [0.4, 0.5) is 10.1 Å². The summed E-state index contributed by atoms with van der Waals surface area (Å²) in [7, 11) is -3.84. The Kier molecular flexibility index (Phi) is 5.69. The lowest BCUT2D eigenvalue weighted by Crippen LogP contribution is -2.33. The number of carbonyl (C=O) groups excluding carboxylic acids is 2. The van der Waals surface area contributed by atoms with Crippen LogP contribution in [-0.2, 0) is 21.2 Å². The summed E-state index contributed by atoms with van der Waals surface area (Å²) in [4.78, 5) is 25.1. The van der Waals surface area contributed by atoms with E-state index in [9.17, 15) is 22.4 Å². The zero-order valence-corrected chi connectivity index (χ0v) is 17.5. The third-order valence-corrected chi connectivity index (χ3v) is 7.00. The second kappa shape index (κ2) is 7.76. The van der Waals surface area contributed by atoms with Gasteiger partial charge in [-0.05, 0) is 50.1 Å². The van der Waals surface area contributed by atoms with Crippen molar-refractivity contribution in [2.45, 2.75) is 20.3 Å². The zero-order valence-electron chi connectivity index (χ0n) is 15.9. The van der Waals surface area contributed by atoms with Crippen LogP contribution in [0.25, 0.3) is 0 Å². The highest BCUT2D eigenvalue weighted by molar-refractivity contribution is 7.94. The maximum Gasteiger partial charge on any atom is 0.252 e. The van der Waals surface area contributed by atoms with Crippen molar-refractivity contribution in [2.24, 2.45) is 5.41 Å². The van der Waals surface area contributed by atoms with Gasteiger partial charge in [0.05, 0.1) is 27.4 Å². The average molecular weight is 439 g/mol. The molecule has 2 amide bonds. The van der Waals surface area contributed by atoms with E-state index < -0.39 is 27.3 Å². The summed E-state index contributed by atoms with van der Waals surface area (Å²) < 4.78 is 39.3. The molecule has 0 aliphatic carbocycles. The van der Waals surface area contributed by atoms with E-state index in [0.717, 1.165) is 4.31 Å². The van der Waals surface area contributed by atoms with E-state index in [1.54, 1.807) is 32.0 Å². The van der Waals surface area contributed by atoms with Gasteiger partial charge in [0.1, 0.15) is 5.82 Å².